The zero-order chi connectivity index (χ0) is 5.21. The van der Waals surface area contributed by atoms with Crippen LogP contribution in [-0.4, -0.2) is 21.7 Å². The van der Waals surface area contributed by atoms with E-state index in [4.69, 9.17) is 0 Å². The molecule has 0 aliphatic carbocycles. The summed E-state index contributed by atoms with van der Waals surface area (Å²) in [6.07, 6.45) is 1.05. The van der Waals surface area contributed by atoms with Gasteiger partial charge in [-0.1, -0.05) is 0 Å². The van der Waals surface area contributed by atoms with Crippen LogP contribution in [0.25, 0.3) is 4.72 Å². The van der Waals surface area contributed by atoms with Crippen LogP contribution in [0.15, 0.2) is 0 Å². The molecule has 0 aromatic rings. The molecule has 0 atom stereocenters. The molecular formula is C2H6NO2RbS. The number of hydrogen-bond donors (Lipinski definition) is 0. The molecule has 0 aromatic carbocycles. The smallest absolute Gasteiger partial charge is 0.552 e. The van der Waals surface area contributed by atoms with Crippen LogP contribution >= 0.6 is 0 Å². The molecule has 0 aliphatic rings. The number of hydrogen-bond acceptors (Lipinski definition) is 2. The first-order chi connectivity index (χ1) is 2.56. The first-order valence-corrected chi connectivity index (χ1v) is 3.22. The minimum atomic E-state index is -3.04. The Kier molecular flexibility index (Phi) is 7.53. The second-order valence-electron chi connectivity index (χ2n) is 0.916. The maximum absolute atomic E-state index is 9.83. The SMILES string of the molecule is C[N-]S(C)(=O)=O.[Rb+]. The van der Waals surface area contributed by atoms with E-state index in [0.29, 0.717) is 0 Å². The van der Waals surface area contributed by atoms with Crippen molar-refractivity contribution in [3.05, 3.63) is 4.72 Å². The Hall–Kier alpha value is 1.72. The molecule has 0 fully saturated rings. The third-order valence-corrected chi connectivity index (χ3v) is 0.995. The van der Waals surface area contributed by atoms with Crippen LogP contribution in [0.3, 0.4) is 0 Å². The quantitative estimate of drug-likeness (QED) is 0.445. The van der Waals surface area contributed by atoms with Crippen LogP contribution in [0.1, 0.15) is 0 Å². The maximum Gasteiger partial charge on any atom is 1.00 e. The fourth-order valence-corrected chi connectivity index (χ4v) is 0. The van der Waals surface area contributed by atoms with Gasteiger partial charge >= 0.3 is 58.2 Å². The topological polar surface area (TPSA) is 48.2 Å². The van der Waals surface area contributed by atoms with Gasteiger partial charge in [0.05, 0.1) is 10.0 Å². The Balaban J connectivity index is 0. The summed E-state index contributed by atoms with van der Waals surface area (Å²) in [7, 11) is -1.79. The predicted molar refractivity (Wildman–Crippen MR) is 24.1 cm³/mol. The Bertz CT molecular complexity index is 118. The van der Waals surface area contributed by atoms with Gasteiger partial charge in [-0.15, -0.1) is 0 Å². The van der Waals surface area contributed by atoms with Crippen molar-refractivity contribution < 1.29 is 66.6 Å². The Morgan fingerprint density at radius 2 is 1.57 bits per heavy atom. The van der Waals surface area contributed by atoms with E-state index in [2.05, 4.69) is 4.72 Å². The zero-order valence-corrected chi connectivity index (χ0v) is 10.4. The molecule has 3 nitrogen and oxygen atoms in total. The van der Waals surface area contributed by atoms with Gasteiger partial charge in [0.2, 0.25) is 0 Å². The Morgan fingerprint density at radius 3 is 1.57 bits per heavy atom. The molecule has 0 unspecified atom stereocenters. The predicted octanol–water partition coefficient (Wildman–Crippen LogP) is -3.05. The van der Waals surface area contributed by atoms with Gasteiger partial charge in [-0.05, 0) is 0 Å². The number of nitrogens with zero attached hydrogens (tertiary/aromatic N) is 1. The van der Waals surface area contributed by atoms with E-state index in [9.17, 15) is 8.42 Å². The second-order valence-corrected chi connectivity index (χ2v) is 2.75. The van der Waals surface area contributed by atoms with Crippen LogP contribution in [0.5, 0.6) is 0 Å². The van der Waals surface area contributed by atoms with Gasteiger partial charge in [-0.2, -0.15) is 7.05 Å². The molecule has 5 heteroatoms. The van der Waals surface area contributed by atoms with Crippen LogP contribution < -0.4 is 58.2 Å². The molecule has 0 saturated heterocycles. The van der Waals surface area contributed by atoms with E-state index >= 15 is 0 Å². The van der Waals surface area contributed by atoms with Crippen molar-refractivity contribution in [2.75, 3.05) is 13.3 Å². The average molecular weight is 194 g/mol. The summed E-state index contributed by atoms with van der Waals surface area (Å²) in [5.74, 6) is 0. The zero-order valence-electron chi connectivity index (χ0n) is 4.67. The summed E-state index contributed by atoms with van der Waals surface area (Å²) in [6.45, 7) is 0. The van der Waals surface area contributed by atoms with Crippen molar-refractivity contribution in [3.63, 3.8) is 0 Å². The molecule has 0 N–H and O–H groups in total. The third-order valence-electron chi connectivity index (χ3n) is 0.332. The molecule has 0 radical (unpaired) electrons. The van der Waals surface area contributed by atoms with Crippen LogP contribution in [0.4, 0.5) is 0 Å². The molecule has 0 rings (SSSR count). The van der Waals surface area contributed by atoms with E-state index in [1.165, 1.54) is 7.05 Å². The second kappa shape index (κ2) is 4.58. The fraction of sp³-hybridized carbons (Fsp3) is 1.00. The fourth-order valence-electron chi connectivity index (χ4n) is 0. The van der Waals surface area contributed by atoms with Gasteiger partial charge in [-0.25, -0.2) is 8.42 Å². The van der Waals surface area contributed by atoms with Crippen molar-refractivity contribution in [1.82, 2.24) is 0 Å². The average Bonchev–Trinajstić information content (AvgIpc) is 1.35. The molecule has 0 amide bonds. The van der Waals surface area contributed by atoms with E-state index in [-0.39, 0.29) is 58.2 Å². The molecule has 0 bridgehead atoms. The monoisotopic (exact) mass is 193 g/mol. The third kappa shape index (κ3) is 11.3. The van der Waals surface area contributed by atoms with E-state index in [0.717, 1.165) is 6.26 Å². The molecule has 0 spiro atoms. The van der Waals surface area contributed by atoms with Crippen molar-refractivity contribution >= 4 is 10.0 Å². The molecule has 0 saturated carbocycles. The Morgan fingerprint density at radius 1 is 1.43 bits per heavy atom. The molecule has 7 heavy (non-hydrogen) atoms. The first kappa shape index (κ1) is 11.5. The van der Waals surface area contributed by atoms with Crippen LogP contribution in [-0.2, 0) is 10.0 Å². The largest absolute Gasteiger partial charge is 1.00 e. The summed E-state index contributed by atoms with van der Waals surface area (Å²) >= 11 is 0. The Labute approximate surface area is 92.7 Å². The summed E-state index contributed by atoms with van der Waals surface area (Å²) in [4.78, 5) is 0. The number of rotatable bonds is 1. The van der Waals surface area contributed by atoms with E-state index in [1.807, 2.05) is 0 Å². The standard InChI is InChI=1S/C2H6NO2S.Rb/c1-3-6(2,4)5;/h1-2H3;/q-1;+1. The van der Waals surface area contributed by atoms with Gasteiger partial charge in [-0.3, -0.25) is 0 Å². The molecule has 0 heterocycles. The van der Waals surface area contributed by atoms with Crippen molar-refractivity contribution in [2.45, 2.75) is 0 Å². The van der Waals surface area contributed by atoms with Crippen molar-refractivity contribution in [1.29, 1.82) is 0 Å². The van der Waals surface area contributed by atoms with Crippen LogP contribution in [0, 0.1) is 0 Å². The first-order valence-electron chi connectivity index (χ1n) is 1.37. The van der Waals surface area contributed by atoms with Gasteiger partial charge < -0.3 is 4.72 Å². The maximum atomic E-state index is 9.83. The summed E-state index contributed by atoms with van der Waals surface area (Å²) in [6, 6.07) is 0. The van der Waals surface area contributed by atoms with Gasteiger partial charge in [0.15, 0.2) is 0 Å². The van der Waals surface area contributed by atoms with Crippen molar-refractivity contribution in [3.8, 4) is 0 Å². The molecule has 0 aromatic heterocycles. The van der Waals surface area contributed by atoms with Crippen LogP contribution in [0.2, 0.25) is 0 Å². The van der Waals surface area contributed by atoms with Crippen molar-refractivity contribution in [2.24, 2.45) is 0 Å². The minimum absolute atomic E-state index is 0. The normalized spacial score (nSPS) is 10.0. The summed E-state index contributed by atoms with van der Waals surface area (Å²) in [5, 5.41) is 0. The summed E-state index contributed by atoms with van der Waals surface area (Å²) < 4.78 is 22.7. The van der Waals surface area contributed by atoms with Gasteiger partial charge in [0, 0.05) is 6.26 Å². The number of sulfonamides is 1. The van der Waals surface area contributed by atoms with E-state index < -0.39 is 10.0 Å². The van der Waals surface area contributed by atoms with Gasteiger partial charge in [0.1, 0.15) is 0 Å². The molecule has 0 aliphatic heterocycles. The summed E-state index contributed by atoms with van der Waals surface area (Å²) in [5.41, 5.74) is 0. The van der Waals surface area contributed by atoms with E-state index in [1.54, 1.807) is 0 Å². The molecular weight excluding hydrogens is 188 g/mol. The van der Waals surface area contributed by atoms with Gasteiger partial charge in [0.25, 0.3) is 0 Å². The molecule has 38 valence electrons. The minimum Gasteiger partial charge on any atom is -0.552 e.